The van der Waals surface area contributed by atoms with E-state index in [1.165, 1.54) is 405 Å². The number of nitrogens with zero attached hydrogens (tertiary/aromatic N) is 1. The Balaban J connectivity index is 4.45. The molecular formula is C73H149NO3S. The molecule has 0 aromatic heterocycles. The van der Waals surface area contributed by atoms with Crippen molar-refractivity contribution in [2.75, 3.05) is 25.5 Å². The average molecular weight is 1120 g/mol. The molecule has 0 bridgehead atoms. The fourth-order valence-corrected chi connectivity index (χ4v) is 14.1. The van der Waals surface area contributed by atoms with E-state index in [1.807, 2.05) is 0 Å². The van der Waals surface area contributed by atoms with Crippen molar-refractivity contribution in [1.82, 2.24) is 0 Å². The Hall–Kier alpha value is -0.130. The lowest BCUT2D eigenvalue weighted by Gasteiger charge is -2.39. The van der Waals surface area contributed by atoms with Crippen molar-refractivity contribution >= 4 is 10.1 Å². The molecule has 0 aliphatic heterocycles. The Kier molecular flexibility index (Phi) is 65.9. The van der Waals surface area contributed by atoms with Gasteiger partial charge in [0.15, 0.2) is 5.88 Å². The van der Waals surface area contributed by atoms with E-state index in [9.17, 15) is 13.0 Å². The third-order valence-electron chi connectivity index (χ3n) is 18.4. The van der Waals surface area contributed by atoms with Crippen LogP contribution in [0, 0.1) is 0 Å². The van der Waals surface area contributed by atoms with Crippen LogP contribution < -0.4 is 0 Å². The second-order valence-electron chi connectivity index (χ2n) is 26.5. The van der Waals surface area contributed by atoms with E-state index in [0.717, 1.165) is 38.9 Å². The lowest BCUT2D eigenvalue weighted by Crippen LogP contribution is -2.53. The van der Waals surface area contributed by atoms with Gasteiger partial charge in [0, 0.05) is 0 Å². The zero-order chi connectivity index (χ0) is 56.5. The molecule has 0 amide bonds. The van der Waals surface area contributed by atoms with E-state index in [4.69, 9.17) is 0 Å². The second kappa shape index (κ2) is 66.0. The summed E-state index contributed by atoms with van der Waals surface area (Å²) in [5.74, 6) is -0.190. The number of hydrogen-bond donors (Lipinski definition) is 0. The molecule has 0 fully saturated rings. The molecule has 0 aliphatic rings. The maximum Gasteiger partial charge on any atom is 0.169 e. The van der Waals surface area contributed by atoms with Crippen LogP contribution in [0.4, 0.5) is 0 Å². The van der Waals surface area contributed by atoms with E-state index >= 15 is 0 Å². The van der Waals surface area contributed by atoms with Crippen LogP contribution in [0.3, 0.4) is 0 Å². The summed E-state index contributed by atoms with van der Waals surface area (Å²) >= 11 is 0. The van der Waals surface area contributed by atoms with Crippen molar-refractivity contribution in [2.24, 2.45) is 0 Å². The van der Waals surface area contributed by atoms with Gasteiger partial charge in [-0.2, -0.15) is 0 Å². The Morgan fingerprint density at radius 1 is 0.192 bits per heavy atom. The van der Waals surface area contributed by atoms with E-state index in [0.29, 0.717) is 4.48 Å². The first kappa shape index (κ1) is 77.9. The van der Waals surface area contributed by atoms with Crippen molar-refractivity contribution in [2.45, 2.75) is 445 Å². The van der Waals surface area contributed by atoms with Crippen molar-refractivity contribution in [1.29, 1.82) is 0 Å². The summed E-state index contributed by atoms with van der Waals surface area (Å²) in [7, 11) is -4.29. The highest BCUT2D eigenvalue weighted by molar-refractivity contribution is 7.85. The van der Waals surface area contributed by atoms with Crippen molar-refractivity contribution in [3.63, 3.8) is 0 Å². The van der Waals surface area contributed by atoms with Gasteiger partial charge in [-0.15, -0.1) is 0 Å². The minimum absolute atomic E-state index is 0.190. The summed E-state index contributed by atoms with van der Waals surface area (Å²) in [5, 5.41) is 0. The average Bonchev–Trinajstić information content (AvgIpc) is 3.43. The van der Waals surface area contributed by atoms with Gasteiger partial charge in [0.1, 0.15) is 10.1 Å². The van der Waals surface area contributed by atoms with Gasteiger partial charge in [0.25, 0.3) is 0 Å². The van der Waals surface area contributed by atoms with Crippen LogP contribution in [0.5, 0.6) is 0 Å². The first-order valence-electron chi connectivity index (χ1n) is 37.2. The summed E-state index contributed by atoms with van der Waals surface area (Å²) < 4.78 is 38.2. The third kappa shape index (κ3) is 65.0. The Bertz CT molecular complexity index is 1070. The molecular weight excluding hydrogens is 971 g/mol. The lowest BCUT2D eigenvalue weighted by molar-refractivity contribution is -0.918. The molecule has 0 saturated heterocycles. The second-order valence-corrected chi connectivity index (χ2v) is 27.8. The molecule has 4 nitrogen and oxygen atoms in total. The molecule has 0 heterocycles. The molecule has 0 aromatic rings. The molecule has 0 atom stereocenters. The van der Waals surface area contributed by atoms with Crippen LogP contribution in [0.15, 0.2) is 0 Å². The summed E-state index contributed by atoms with van der Waals surface area (Å²) in [6.45, 7) is 9.54. The molecule has 0 aliphatic carbocycles. The molecule has 0 unspecified atom stereocenters. The van der Waals surface area contributed by atoms with E-state index in [2.05, 4.69) is 20.8 Å². The van der Waals surface area contributed by atoms with Crippen LogP contribution in [-0.2, 0) is 10.1 Å². The van der Waals surface area contributed by atoms with Gasteiger partial charge in [0.2, 0.25) is 0 Å². The quantitative estimate of drug-likeness (QED) is 0.0346. The molecule has 5 heteroatoms. The zero-order valence-corrected chi connectivity index (χ0v) is 55.4. The highest BCUT2D eigenvalue weighted by atomic mass is 32.2. The molecule has 0 saturated carbocycles. The van der Waals surface area contributed by atoms with Crippen LogP contribution in [0.25, 0.3) is 0 Å². The maximum atomic E-state index is 12.5. The van der Waals surface area contributed by atoms with Gasteiger partial charge >= 0.3 is 0 Å². The van der Waals surface area contributed by atoms with Crippen LogP contribution in [0.2, 0.25) is 0 Å². The standard InChI is InChI=1S/C73H149NO3S/c1-4-7-10-13-16-19-22-25-28-31-34-37-40-43-46-49-52-55-58-61-64-67-70-74(73-78(75,76)77,71-68-65-62-59-56-53-50-47-44-41-38-35-32-29-26-23-20-17-14-11-8-5-2)72-69-66-63-60-57-54-51-48-45-42-39-36-33-30-27-24-21-18-15-12-9-6-3/h4-73H2,1-3H3. The number of rotatable bonds is 71. The van der Waals surface area contributed by atoms with Crippen LogP contribution >= 0.6 is 0 Å². The minimum Gasteiger partial charge on any atom is -0.744 e. The number of unbranched alkanes of at least 4 members (excludes halogenated alkanes) is 63. The predicted molar refractivity (Wildman–Crippen MR) is 351 cm³/mol. The van der Waals surface area contributed by atoms with E-state index < -0.39 is 10.1 Å². The molecule has 0 rings (SSSR count). The monoisotopic (exact) mass is 1120 g/mol. The molecule has 0 spiro atoms. The largest absolute Gasteiger partial charge is 0.744 e. The van der Waals surface area contributed by atoms with Crippen molar-refractivity contribution in [3.8, 4) is 0 Å². The lowest BCUT2D eigenvalue weighted by atomic mass is 10.0. The van der Waals surface area contributed by atoms with Gasteiger partial charge in [-0.1, -0.05) is 406 Å². The number of hydrogen-bond acceptors (Lipinski definition) is 3. The van der Waals surface area contributed by atoms with Gasteiger partial charge in [-0.25, -0.2) is 8.42 Å². The number of quaternary nitrogens is 1. The van der Waals surface area contributed by atoms with Gasteiger partial charge in [-0.05, 0) is 38.5 Å². The summed E-state index contributed by atoms with van der Waals surface area (Å²) in [4.78, 5) is 0. The topological polar surface area (TPSA) is 57.2 Å². The SMILES string of the molecule is CCCCCCCCCCCCCCCCCCCCCCCC[N+](CCCCCCCCCCCCCCCCCCCCCCCC)(CCCCCCCCCCCCCCCCCCCCCCCC)CS(=O)(=O)[O-]. The molecule has 0 radical (unpaired) electrons. The molecule has 0 N–H and O–H groups in total. The first-order valence-corrected chi connectivity index (χ1v) is 38.8. The summed E-state index contributed by atoms with van der Waals surface area (Å²) in [6, 6.07) is 0. The van der Waals surface area contributed by atoms with Crippen LogP contribution in [-0.4, -0.2) is 43.0 Å². The summed E-state index contributed by atoms with van der Waals surface area (Å²) in [5.41, 5.74) is 0. The maximum absolute atomic E-state index is 12.5. The van der Waals surface area contributed by atoms with Gasteiger partial charge < -0.3 is 9.04 Å². The first-order chi connectivity index (χ1) is 38.4. The third-order valence-corrected chi connectivity index (χ3v) is 19.3. The van der Waals surface area contributed by atoms with Crippen molar-refractivity contribution < 1.29 is 17.5 Å². The zero-order valence-electron chi connectivity index (χ0n) is 54.6. The Morgan fingerprint density at radius 2 is 0.295 bits per heavy atom. The van der Waals surface area contributed by atoms with E-state index in [1.54, 1.807) is 0 Å². The highest BCUT2D eigenvalue weighted by Crippen LogP contribution is 2.23. The fourth-order valence-electron chi connectivity index (χ4n) is 13.0. The van der Waals surface area contributed by atoms with Crippen molar-refractivity contribution in [3.05, 3.63) is 0 Å². The molecule has 0 aromatic carbocycles. The van der Waals surface area contributed by atoms with Gasteiger partial charge in [-0.3, -0.25) is 0 Å². The fraction of sp³-hybridized carbons (Fsp3) is 1.00. The Labute approximate surface area is 495 Å². The smallest absolute Gasteiger partial charge is 0.169 e. The summed E-state index contributed by atoms with van der Waals surface area (Å²) in [6.07, 6.45) is 91.2. The predicted octanol–water partition coefficient (Wildman–Crippen LogP) is 26.1. The normalized spacial score (nSPS) is 12.2. The Morgan fingerprint density at radius 3 is 0.397 bits per heavy atom. The minimum atomic E-state index is -4.29. The van der Waals surface area contributed by atoms with Gasteiger partial charge in [0.05, 0.1) is 19.6 Å². The highest BCUT2D eigenvalue weighted by Gasteiger charge is 2.29. The molecule has 78 heavy (non-hydrogen) atoms. The molecule has 470 valence electrons. The van der Waals surface area contributed by atoms with E-state index in [-0.39, 0.29) is 5.88 Å². The van der Waals surface area contributed by atoms with Crippen LogP contribution in [0.1, 0.15) is 445 Å².